The zero-order chi connectivity index (χ0) is 15.7. The Labute approximate surface area is 126 Å². The Hall–Kier alpha value is -1.43. The predicted molar refractivity (Wildman–Crippen MR) is 82.6 cm³/mol. The van der Waals surface area contributed by atoms with Crippen LogP contribution in [0.5, 0.6) is 0 Å². The lowest BCUT2D eigenvalue weighted by Gasteiger charge is -2.15. The highest BCUT2D eigenvalue weighted by Gasteiger charge is 2.26. The highest BCUT2D eigenvalue weighted by Crippen LogP contribution is 2.16. The van der Waals surface area contributed by atoms with Crippen LogP contribution in [0.2, 0.25) is 0 Å². The largest absolute Gasteiger partial charge is 0.480 e. The number of aliphatic imine (C=N–C) groups is 1. The Morgan fingerprint density at radius 2 is 2.14 bits per heavy atom. The lowest BCUT2D eigenvalue weighted by atomic mass is 10.0. The molecule has 6 nitrogen and oxygen atoms in total. The van der Waals surface area contributed by atoms with Crippen LogP contribution in [0.1, 0.15) is 46.0 Å². The molecule has 1 aliphatic rings. The molecule has 21 heavy (non-hydrogen) atoms. The van der Waals surface area contributed by atoms with E-state index in [2.05, 4.69) is 15.6 Å². The molecule has 0 bridgehead atoms. The van der Waals surface area contributed by atoms with Crippen molar-refractivity contribution in [3.63, 3.8) is 0 Å². The normalized spacial score (nSPS) is 22.2. The molecule has 1 amide bonds. The summed E-state index contributed by atoms with van der Waals surface area (Å²) in [6.07, 6.45) is 5.74. The number of hydrogen-bond donors (Lipinski definition) is 3. The fourth-order valence-electron chi connectivity index (χ4n) is 2.36. The molecule has 0 aromatic rings. The number of carboxylic acid groups (broad SMARTS) is 1. The highest BCUT2D eigenvalue weighted by molar-refractivity contribution is 5.85. The molecular formula is C15H27N3O3. The molecule has 0 saturated carbocycles. The van der Waals surface area contributed by atoms with Gasteiger partial charge in [-0.25, -0.2) is 0 Å². The molecule has 6 heteroatoms. The van der Waals surface area contributed by atoms with Crippen LogP contribution >= 0.6 is 0 Å². The van der Waals surface area contributed by atoms with Crippen LogP contribution in [-0.4, -0.2) is 48.4 Å². The van der Waals surface area contributed by atoms with Crippen LogP contribution in [0.3, 0.4) is 0 Å². The van der Waals surface area contributed by atoms with E-state index in [0.717, 1.165) is 25.7 Å². The maximum atomic E-state index is 11.9. The van der Waals surface area contributed by atoms with E-state index in [9.17, 15) is 9.59 Å². The average molecular weight is 297 g/mol. The van der Waals surface area contributed by atoms with Gasteiger partial charge in [-0.05, 0) is 44.6 Å². The van der Waals surface area contributed by atoms with Crippen LogP contribution in [0.4, 0.5) is 0 Å². The summed E-state index contributed by atoms with van der Waals surface area (Å²) in [5.74, 6) is -0.545. The van der Waals surface area contributed by atoms with Gasteiger partial charge < -0.3 is 15.7 Å². The van der Waals surface area contributed by atoms with E-state index in [4.69, 9.17) is 5.11 Å². The van der Waals surface area contributed by atoms with Gasteiger partial charge in [-0.15, -0.1) is 0 Å². The van der Waals surface area contributed by atoms with Crippen molar-refractivity contribution in [1.82, 2.24) is 10.6 Å². The number of rotatable bonds is 10. The SMILES string of the molecule is CCCN[C@@H](CCCCNC(=O)[C@@H]1N=CC[C@H]1C)C(=O)O. The Kier molecular flexibility index (Phi) is 7.97. The van der Waals surface area contributed by atoms with Crippen molar-refractivity contribution in [2.75, 3.05) is 13.1 Å². The Balaban J connectivity index is 2.14. The van der Waals surface area contributed by atoms with E-state index in [-0.39, 0.29) is 17.9 Å². The van der Waals surface area contributed by atoms with E-state index >= 15 is 0 Å². The van der Waals surface area contributed by atoms with E-state index in [1.165, 1.54) is 0 Å². The van der Waals surface area contributed by atoms with Crippen molar-refractivity contribution < 1.29 is 14.7 Å². The van der Waals surface area contributed by atoms with Crippen LogP contribution in [0.15, 0.2) is 4.99 Å². The first-order chi connectivity index (χ1) is 10.1. The molecule has 1 aliphatic heterocycles. The summed E-state index contributed by atoms with van der Waals surface area (Å²) in [6.45, 7) is 5.32. The van der Waals surface area contributed by atoms with Crippen molar-refractivity contribution in [3.05, 3.63) is 0 Å². The number of carbonyl (C=O) groups is 2. The molecule has 0 saturated heterocycles. The second-order valence-corrected chi connectivity index (χ2v) is 5.62. The molecule has 0 unspecified atom stereocenters. The van der Waals surface area contributed by atoms with Gasteiger partial charge in [0.25, 0.3) is 0 Å². The third kappa shape index (κ3) is 6.25. The third-order valence-electron chi connectivity index (χ3n) is 3.71. The van der Waals surface area contributed by atoms with Crippen LogP contribution in [-0.2, 0) is 9.59 Å². The number of nitrogens with zero attached hydrogens (tertiary/aromatic N) is 1. The third-order valence-corrected chi connectivity index (χ3v) is 3.71. The van der Waals surface area contributed by atoms with Crippen LogP contribution < -0.4 is 10.6 Å². The minimum atomic E-state index is -0.804. The molecule has 120 valence electrons. The van der Waals surface area contributed by atoms with Gasteiger partial charge in [0.1, 0.15) is 12.1 Å². The quantitative estimate of drug-likeness (QED) is 0.529. The summed E-state index contributed by atoms with van der Waals surface area (Å²) in [6, 6.07) is -0.733. The fraction of sp³-hybridized carbons (Fsp3) is 0.800. The topological polar surface area (TPSA) is 90.8 Å². The summed E-state index contributed by atoms with van der Waals surface area (Å²) in [4.78, 5) is 27.1. The minimum Gasteiger partial charge on any atom is -0.480 e. The van der Waals surface area contributed by atoms with Gasteiger partial charge >= 0.3 is 5.97 Å². The van der Waals surface area contributed by atoms with Gasteiger partial charge in [0.2, 0.25) is 5.91 Å². The summed E-state index contributed by atoms with van der Waals surface area (Å²) in [7, 11) is 0. The lowest BCUT2D eigenvalue weighted by Crippen LogP contribution is -2.38. The summed E-state index contributed by atoms with van der Waals surface area (Å²) >= 11 is 0. The number of unbranched alkanes of at least 4 members (excludes halogenated alkanes) is 1. The first-order valence-corrected chi connectivity index (χ1v) is 7.81. The van der Waals surface area contributed by atoms with Crippen LogP contribution in [0.25, 0.3) is 0 Å². The van der Waals surface area contributed by atoms with E-state index in [1.807, 2.05) is 20.1 Å². The first kappa shape index (κ1) is 17.6. The maximum absolute atomic E-state index is 11.9. The molecule has 1 heterocycles. The summed E-state index contributed by atoms with van der Waals surface area (Å²) in [5.41, 5.74) is 0. The first-order valence-electron chi connectivity index (χ1n) is 7.81. The molecule has 0 fully saturated rings. The van der Waals surface area contributed by atoms with Gasteiger partial charge in [-0.2, -0.15) is 0 Å². The van der Waals surface area contributed by atoms with Crippen molar-refractivity contribution >= 4 is 18.1 Å². The predicted octanol–water partition coefficient (Wildman–Crippen LogP) is 1.20. The van der Waals surface area contributed by atoms with Gasteiger partial charge in [0, 0.05) is 12.8 Å². The second-order valence-electron chi connectivity index (χ2n) is 5.62. The van der Waals surface area contributed by atoms with Crippen molar-refractivity contribution in [1.29, 1.82) is 0 Å². The van der Waals surface area contributed by atoms with E-state index in [0.29, 0.717) is 19.5 Å². The fourth-order valence-corrected chi connectivity index (χ4v) is 2.36. The number of amides is 1. The Morgan fingerprint density at radius 3 is 2.71 bits per heavy atom. The average Bonchev–Trinajstić information content (AvgIpc) is 2.87. The number of carbonyl (C=O) groups excluding carboxylic acids is 1. The molecule has 0 aromatic heterocycles. The molecule has 0 aromatic carbocycles. The number of carboxylic acids is 1. The van der Waals surface area contributed by atoms with Crippen LogP contribution in [0, 0.1) is 5.92 Å². The molecule has 0 radical (unpaired) electrons. The standard InChI is InChI=1S/C15H27N3O3/c1-3-8-16-12(15(20)21)6-4-5-9-18-14(19)13-11(2)7-10-17-13/h10-13,16H,3-9H2,1-2H3,(H,18,19)(H,20,21)/t11-,12+,13-/m1/s1. The number of aliphatic carboxylic acids is 1. The lowest BCUT2D eigenvalue weighted by molar-refractivity contribution is -0.139. The maximum Gasteiger partial charge on any atom is 0.320 e. The van der Waals surface area contributed by atoms with Gasteiger partial charge in [0.15, 0.2) is 0 Å². The Morgan fingerprint density at radius 1 is 1.38 bits per heavy atom. The number of nitrogens with one attached hydrogen (secondary N) is 2. The zero-order valence-electron chi connectivity index (χ0n) is 13.0. The van der Waals surface area contributed by atoms with Gasteiger partial charge in [-0.3, -0.25) is 14.6 Å². The van der Waals surface area contributed by atoms with E-state index < -0.39 is 12.0 Å². The molecule has 3 atom stereocenters. The zero-order valence-corrected chi connectivity index (χ0v) is 13.0. The van der Waals surface area contributed by atoms with Gasteiger partial charge in [-0.1, -0.05) is 13.8 Å². The minimum absolute atomic E-state index is 0.0184. The molecular weight excluding hydrogens is 270 g/mol. The monoisotopic (exact) mass is 297 g/mol. The van der Waals surface area contributed by atoms with E-state index in [1.54, 1.807) is 0 Å². The smallest absolute Gasteiger partial charge is 0.320 e. The molecule has 0 spiro atoms. The summed E-state index contributed by atoms with van der Waals surface area (Å²) < 4.78 is 0. The summed E-state index contributed by atoms with van der Waals surface area (Å²) in [5, 5.41) is 15.0. The highest BCUT2D eigenvalue weighted by atomic mass is 16.4. The van der Waals surface area contributed by atoms with Crippen molar-refractivity contribution in [2.24, 2.45) is 10.9 Å². The second kappa shape index (κ2) is 9.50. The Bertz CT molecular complexity index is 371. The molecule has 1 rings (SSSR count). The molecule has 0 aliphatic carbocycles. The van der Waals surface area contributed by atoms with Gasteiger partial charge in [0.05, 0.1) is 0 Å². The van der Waals surface area contributed by atoms with Crippen molar-refractivity contribution in [3.8, 4) is 0 Å². The van der Waals surface area contributed by atoms with Crippen molar-refractivity contribution in [2.45, 2.75) is 58.0 Å². The number of hydrogen-bond acceptors (Lipinski definition) is 4. The molecule has 3 N–H and O–H groups in total.